The Kier molecular flexibility index (Phi) is 25.2. The molecule has 0 aliphatic heterocycles. The van der Waals surface area contributed by atoms with Crippen LogP contribution in [0, 0.1) is 0 Å². The van der Waals surface area contributed by atoms with Crippen LogP contribution in [0.4, 0.5) is 0 Å². The van der Waals surface area contributed by atoms with Crippen molar-refractivity contribution in [1.29, 1.82) is 0 Å². The molecule has 0 unspecified atom stereocenters. The van der Waals surface area contributed by atoms with Gasteiger partial charge in [-0.2, -0.15) is 0 Å². The standard InChI is InChI=1S/C18H32O2.C2H6O2/c1-2-3-4-5-6-7-8-9-10-11-12-13-14-15-16-17-18(19)20;3-1-2-4/h6-7,9-10H,2-5,8,11-17H2,1H3,(H,19,20);3-4H,1-2H2/b7-6-,10-9-;. The smallest absolute Gasteiger partial charge is 0.303 e. The van der Waals surface area contributed by atoms with Crippen molar-refractivity contribution in [3.8, 4) is 0 Å². The molecule has 0 aromatic heterocycles. The van der Waals surface area contributed by atoms with E-state index < -0.39 is 5.97 Å². The summed E-state index contributed by atoms with van der Waals surface area (Å²) in [5.41, 5.74) is 0. The summed E-state index contributed by atoms with van der Waals surface area (Å²) in [7, 11) is 0. The molecule has 0 aliphatic rings. The van der Waals surface area contributed by atoms with Gasteiger partial charge in [0.15, 0.2) is 0 Å². The van der Waals surface area contributed by atoms with Gasteiger partial charge in [-0.25, -0.2) is 0 Å². The monoisotopic (exact) mass is 342 g/mol. The Balaban J connectivity index is 0. The third-order valence-corrected chi connectivity index (χ3v) is 3.44. The van der Waals surface area contributed by atoms with Crippen molar-refractivity contribution < 1.29 is 20.1 Å². The molecule has 0 aromatic carbocycles. The predicted molar refractivity (Wildman–Crippen MR) is 101 cm³/mol. The molecule has 0 aliphatic carbocycles. The lowest BCUT2D eigenvalue weighted by Crippen LogP contribution is -1.93. The number of aliphatic hydroxyl groups excluding tert-OH is 2. The molecule has 24 heavy (non-hydrogen) atoms. The first kappa shape index (κ1) is 25.1. The number of aliphatic hydroxyl groups is 2. The molecule has 4 nitrogen and oxygen atoms in total. The quantitative estimate of drug-likeness (QED) is 0.293. The van der Waals surface area contributed by atoms with Gasteiger partial charge in [-0.05, 0) is 38.5 Å². The normalized spacial score (nSPS) is 11.0. The van der Waals surface area contributed by atoms with Gasteiger partial charge in [0.2, 0.25) is 0 Å². The zero-order valence-electron chi connectivity index (χ0n) is 15.5. The van der Waals surface area contributed by atoms with Gasteiger partial charge in [0, 0.05) is 6.42 Å². The topological polar surface area (TPSA) is 77.8 Å². The van der Waals surface area contributed by atoms with E-state index in [1.807, 2.05) is 0 Å². The van der Waals surface area contributed by atoms with E-state index in [1.165, 1.54) is 44.9 Å². The summed E-state index contributed by atoms with van der Waals surface area (Å²) < 4.78 is 0. The lowest BCUT2D eigenvalue weighted by Gasteiger charge is -1.98. The number of hydrogen-bond donors (Lipinski definition) is 3. The van der Waals surface area contributed by atoms with E-state index in [9.17, 15) is 4.79 Å². The molecule has 0 saturated heterocycles. The molecule has 0 radical (unpaired) electrons. The Morgan fingerprint density at radius 2 is 1.25 bits per heavy atom. The fraction of sp³-hybridized carbons (Fsp3) is 0.750. The molecule has 0 saturated carbocycles. The molecule has 0 amide bonds. The summed E-state index contributed by atoms with van der Waals surface area (Å²) in [4.78, 5) is 10.3. The zero-order chi connectivity index (χ0) is 18.3. The van der Waals surface area contributed by atoms with Crippen LogP contribution in [0.1, 0.15) is 84.0 Å². The van der Waals surface area contributed by atoms with E-state index in [0.29, 0.717) is 6.42 Å². The third kappa shape index (κ3) is 29.0. The lowest BCUT2D eigenvalue weighted by atomic mass is 10.1. The molecular weight excluding hydrogens is 304 g/mol. The molecule has 0 spiro atoms. The Labute approximate surface area is 148 Å². The van der Waals surface area contributed by atoms with Crippen molar-refractivity contribution in [1.82, 2.24) is 0 Å². The number of carbonyl (C=O) groups is 1. The molecule has 0 fully saturated rings. The summed E-state index contributed by atoms with van der Waals surface area (Å²) in [5.74, 6) is -0.671. The number of carboxylic acid groups (broad SMARTS) is 1. The van der Waals surface area contributed by atoms with Crippen LogP contribution in [-0.4, -0.2) is 34.5 Å². The van der Waals surface area contributed by atoms with Gasteiger partial charge in [-0.1, -0.05) is 63.3 Å². The summed E-state index contributed by atoms with van der Waals surface area (Å²) >= 11 is 0. The maximum Gasteiger partial charge on any atom is 0.303 e. The first-order chi connectivity index (χ1) is 11.7. The number of aliphatic carboxylic acids is 1. The molecule has 3 N–H and O–H groups in total. The van der Waals surface area contributed by atoms with Gasteiger partial charge in [0.05, 0.1) is 13.2 Å². The van der Waals surface area contributed by atoms with Crippen LogP contribution in [0.3, 0.4) is 0 Å². The average molecular weight is 343 g/mol. The SMILES string of the molecule is CCCCC/C=C\C/C=C\CCCCCCCC(=O)O.OCCO. The van der Waals surface area contributed by atoms with Crippen molar-refractivity contribution in [2.45, 2.75) is 84.0 Å². The lowest BCUT2D eigenvalue weighted by molar-refractivity contribution is -0.137. The minimum Gasteiger partial charge on any atom is -0.481 e. The van der Waals surface area contributed by atoms with Crippen LogP contribution in [0.5, 0.6) is 0 Å². The minimum absolute atomic E-state index is 0.125. The van der Waals surface area contributed by atoms with Gasteiger partial charge < -0.3 is 15.3 Å². The maximum atomic E-state index is 10.3. The Bertz CT molecular complexity index is 296. The summed E-state index contributed by atoms with van der Waals surface area (Å²) in [6.07, 6.45) is 22.3. The molecule has 0 bridgehead atoms. The van der Waals surface area contributed by atoms with Gasteiger partial charge >= 0.3 is 5.97 Å². The van der Waals surface area contributed by atoms with E-state index in [0.717, 1.165) is 25.7 Å². The fourth-order valence-corrected chi connectivity index (χ4v) is 2.09. The third-order valence-electron chi connectivity index (χ3n) is 3.44. The maximum absolute atomic E-state index is 10.3. The van der Waals surface area contributed by atoms with Gasteiger partial charge in [0.25, 0.3) is 0 Å². The van der Waals surface area contributed by atoms with E-state index in [-0.39, 0.29) is 13.2 Å². The highest BCUT2D eigenvalue weighted by Gasteiger charge is 1.95. The largest absolute Gasteiger partial charge is 0.481 e. The van der Waals surface area contributed by atoms with Crippen molar-refractivity contribution in [2.24, 2.45) is 0 Å². The Hall–Kier alpha value is -1.13. The molecule has 0 atom stereocenters. The van der Waals surface area contributed by atoms with Crippen LogP contribution in [-0.2, 0) is 4.79 Å². The second kappa shape index (κ2) is 24.1. The molecule has 4 heteroatoms. The van der Waals surface area contributed by atoms with Crippen molar-refractivity contribution >= 4 is 5.97 Å². The first-order valence-electron chi connectivity index (χ1n) is 9.42. The highest BCUT2D eigenvalue weighted by molar-refractivity contribution is 5.66. The van der Waals surface area contributed by atoms with E-state index in [4.69, 9.17) is 15.3 Å². The molecule has 0 rings (SSSR count). The molecule has 142 valence electrons. The molecular formula is C20H38O4. The predicted octanol–water partition coefficient (Wildman–Crippen LogP) is 4.86. The highest BCUT2D eigenvalue weighted by atomic mass is 16.4. The average Bonchev–Trinajstić information content (AvgIpc) is 2.58. The van der Waals surface area contributed by atoms with E-state index >= 15 is 0 Å². The second-order valence-electron chi connectivity index (χ2n) is 5.82. The van der Waals surface area contributed by atoms with Gasteiger partial charge in [-0.15, -0.1) is 0 Å². The van der Waals surface area contributed by atoms with Crippen LogP contribution in [0.15, 0.2) is 24.3 Å². The first-order valence-corrected chi connectivity index (χ1v) is 9.42. The summed E-state index contributed by atoms with van der Waals surface area (Å²) in [5, 5.41) is 23.8. The minimum atomic E-state index is -0.671. The summed E-state index contributed by atoms with van der Waals surface area (Å²) in [6, 6.07) is 0. The van der Waals surface area contributed by atoms with Crippen molar-refractivity contribution in [3.05, 3.63) is 24.3 Å². The molecule has 0 aromatic rings. The number of hydrogen-bond acceptors (Lipinski definition) is 3. The van der Waals surface area contributed by atoms with E-state index in [2.05, 4.69) is 31.2 Å². The number of carboxylic acids is 1. The van der Waals surface area contributed by atoms with Crippen LogP contribution in [0.2, 0.25) is 0 Å². The van der Waals surface area contributed by atoms with Crippen molar-refractivity contribution in [3.63, 3.8) is 0 Å². The van der Waals surface area contributed by atoms with Crippen LogP contribution < -0.4 is 0 Å². The second-order valence-corrected chi connectivity index (χ2v) is 5.82. The van der Waals surface area contributed by atoms with Gasteiger partial charge in [0.1, 0.15) is 0 Å². The number of allylic oxidation sites excluding steroid dienone is 4. The summed E-state index contributed by atoms with van der Waals surface area (Å²) in [6.45, 7) is 1.98. The van der Waals surface area contributed by atoms with Gasteiger partial charge in [-0.3, -0.25) is 4.79 Å². The zero-order valence-corrected chi connectivity index (χ0v) is 15.5. The molecule has 0 heterocycles. The van der Waals surface area contributed by atoms with E-state index in [1.54, 1.807) is 0 Å². The fourth-order valence-electron chi connectivity index (χ4n) is 2.09. The Morgan fingerprint density at radius 1 is 0.750 bits per heavy atom. The van der Waals surface area contributed by atoms with Crippen LogP contribution in [0.25, 0.3) is 0 Å². The highest BCUT2D eigenvalue weighted by Crippen LogP contribution is 2.08. The number of rotatable bonds is 15. The van der Waals surface area contributed by atoms with Crippen LogP contribution >= 0.6 is 0 Å². The Morgan fingerprint density at radius 3 is 1.75 bits per heavy atom. The number of unbranched alkanes of at least 4 members (excludes halogenated alkanes) is 8. The van der Waals surface area contributed by atoms with Crippen molar-refractivity contribution in [2.75, 3.05) is 13.2 Å².